The van der Waals surface area contributed by atoms with Gasteiger partial charge in [-0.2, -0.15) is 0 Å². The van der Waals surface area contributed by atoms with Crippen molar-refractivity contribution in [1.82, 2.24) is 0 Å². The van der Waals surface area contributed by atoms with Crippen LogP contribution in [0.3, 0.4) is 0 Å². The molecule has 0 aromatic rings. The Morgan fingerprint density at radius 3 is 1.23 bits per heavy atom. The van der Waals surface area contributed by atoms with Gasteiger partial charge in [-0.3, -0.25) is 0 Å². The first-order valence-corrected chi connectivity index (χ1v) is 4.67. The molecule has 1 fully saturated rings. The van der Waals surface area contributed by atoms with Crippen LogP contribution >= 0.6 is 0 Å². The molecule has 0 N–H and O–H groups in total. The molecule has 1 aliphatic rings. The number of hydrogen-bond donors (Lipinski definition) is 0. The fourth-order valence-electron chi connectivity index (χ4n) is 1.55. The molecule has 4 heteroatoms. The summed E-state index contributed by atoms with van der Waals surface area (Å²) < 4.78 is 51.3. The summed E-state index contributed by atoms with van der Waals surface area (Å²) in [5.74, 6) is 0. The van der Waals surface area contributed by atoms with Gasteiger partial charge in [0.1, 0.15) is 24.7 Å². The van der Waals surface area contributed by atoms with Gasteiger partial charge >= 0.3 is 0 Å². The second-order valence-corrected chi connectivity index (χ2v) is 3.57. The Labute approximate surface area is 75.3 Å². The average molecular weight is 198 g/mol. The van der Waals surface area contributed by atoms with Gasteiger partial charge in [0, 0.05) is 0 Å². The summed E-state index contributed by atoms with van der Waals surface area (Å²) in [6.07, 6.45) is -6.50. The van der Waals surface area contributed by atoms with Crippen LogP contribution in [0.1, 0.15) is 32.1 Å². The van der Waals surface area contributed by atoms with Gasteiger partial charge in [-0.05, 0) is 32.1 Å². The Balaban J connectivity index is 2.47. The third-order valence-electron chi connectivity index (χ3n) is 2.46. The van der Waals surface area contributed by atoms with E-state index in [9.17, 15) is 17.6 Å². The highest BCUT2D eigenvalue weighted by molar-refractivity contribution is 4.77. The Morgan fingerprint density at radius 1 is 0.538 bits per heavy atom. The topological polar surface area (TPSA) is 0 Å². The summed E-state index contributed by atoms with van der Waals surface area (Å²) in [7, 11) is 0. The maximum atomic E-state index is 12.8. The first-order chi connectivity index (χ1) is 6.11. The van der Waals surface area contributed by atoms with Crippen LogP contribution in [0.25, 0.3) is 0 Å². The predicted octanol–water partition coefficient (Wildman–Crippen LogP) is 3.30. The van der Waals surface area contributed by atoms with Gasteiger partial charge in [-0.25, -0.2) is 17.6 Å². The van der Waals surface area contributed by atoms with Gasteiger partial charge in [-0.15, -0.1) is 0 Å². The van der Waals surface area contributed by atoms with Crippen LogP contribution in [-0.4, -0.2) is 24.7 Å². The molecular formula is C9H14F4. The molecule has 0 radical (unpaired) electrons. The number of halogens is 4. The molecule has 78 valence electrons. The molecule has 0 amide bonds. The summed E-state index contributed by atoms with van der Waals surface area (Å²) >= 11 is 0. The molecular weight excluding hydrogens is 184 g/mol. The van der Waals surface area contributed by atoms with Crippen LogP contribution in [0.4, 0.5) is 17.6 Å². The highest BCUT2D eigenvalue weighted by Crippen LogP contribution is 2.25. The average Bonchev–Trinajstić information content (AvgIpc) is 2.15. The van der Waals surface area contributed by atoms with E-state index in [1.165, 1.54) is 0 Å². The zero-order chi connectivity index (χ0) is 9.84. The van der Waals surface area contributed by atoms with Gasteiger partial charge in [0.25, 0.3) is 0 Å². The minimum atomic E-state index is -1.62. The van der Waals surface area contributed by atoms with Gasteiger partial charge in [-0.1, -0.05) is 0 Å². The van der Waals surface area contributed by atoms with Crippen molar-refractivity contribution in [3.63, 3.8) is 0 Å². The first-order valence-electron chi connectivity index (χ1n) is 4.67. The molecule has 4 atom stereocenters. The molecule has 0 aromatic carbocycles. The lowest BCUT2D eigenvalue weighted by molar-refractivity contribution is 0.128. The van der Waals surface area contributed by atoms with Crippen molar-refractivity contribution in [1.29, 1.82) is 0 Å². The van der Waals surface area contributed by atoms with Gasteiger partial charge < -0.3 is 0 Å². The normalized spacial score (nSPS) is 43.4. The summed E-state index contributed by atoms with van der Waals surface area (Å²) in [5, 5.41) is 0. The zero-order valence-electron chi connectivity index (χ0n) is 7.36. The molecule has 0 heterocycles. The molecule has 0 saturated heterocycles. The smallest absolute Gasteiger partial charge is 0.131 e. The number of alkyl halides is 4. The van der Waals surface area contributed by atoms with Crippen molar-refractivity contribution in [3.8, 4) is 0 Å². The molecule has 0 nitrogen and oxygen atoms in total. The van der Waals surface area contributed by atoms with E-state index in [0.29, 0.717) is 0 Å². The molecule has 1 rings (SSSR count). The largest absolute Gasteiger partial charge is 0.244 e. The maximum absolute atomic E-state index is 12.8. The van der Waals surface area contributed by atoms with Crippen LogP contribution < -0.4 is 0 Å². The quantitative estimate of drug-likeness (QED) is 0.524. The minimum Gasteiger partial charge on any atom is -0.244 e. The second kappa shape index (κ2) is 4.82. The van der Waals surface area contributed by atoms with Crippen LogP contribution in [0.15, 0.2) is 0 Å². The SMILES string of the molecule is FC1CCCC(F)C(F)CCC1F. The van der Waals surface area contributed by atoms with Crippen molar-refractivity contribution in [2.45, 2.75) is 56.8 Å². The lowest BCUT2D eigenvalue weighted by atomic mass is 10.1. The Morgan fingerprint density at radius 2 is 0.846 bits per heavy atom. The Hall–Kier alpha value is -0.280. The van der Waals surface area contributed by atoms with Gasteiger partial charge in [0.15, 0.2) is 0 Å². The third-order valence-corrected chi connectivity index (χ3v) is 2.46. The van der Waals surface area contributed by atoms with E-state index in [2.05, 4.69) is 0 Å². The summed E-state index contributed by atoms with van der Waals surface area (Å²) in [6, 6.07) is 0. The molecule has 13 heavy (non-hydrogen) atoms. The maximum Gasteiger partial charge on any atom is 0.131 e. The lowest BCUT2D eigenvalue weighted by Gasteiger charge is -2.12. The predicted molar refractivity (Wildman–Crippen MR) is 42.7 cm³/mol. The van der Waals surface area contributed by atoms with E-state index in [1.54, 1.807) is 0 Å². The Kier molecular flexibility index (Phi) is 4.00. The third kappa shape index (κ3) is 3.16. The second-order valence-electron chi connectivity index (χ2n) is 3.57. The Bertz CT molecular complexity index is 135. The van der Waals surface area contributed by atoms with Crippen molar-refractivity contribution >= 4 is 0 Å². The minimum absolute atomic E-state index is 0.00824. The van der Waals surface area contributed by atoms with E-state index < -0.39 is 24.7 Å². The highest BCUT2D eigenvalue weighted by atomic mass is 19.2. The van der Waals surface area contributed by atoms with Gasteiger partial charge in [0.05, 0.1) is 0 Å². The first kappa shape index (κ1) is 10.8. The fourth-order valence-corrected chi connectivity index (χ4v) is 1.55. The molecule has 1 aliphatic carbocycles. The summed E-state index contributed by atoms with van der Waals surface area (Å²) in [6.45, 7) is 0. The van der Waals surface area contributed by atoms with Crippen LogP contribution in [-0.2, 0) is 0 Å². The highest BCUT2D eigenvalue weighted by Gasteiger charge is 2.28. The van der Waals surface area contributed by atoms with Crippen LogP contribution in [0, 0.1) is 0 Å². The zero-order valence-corrected chi connectivity index (χ0v) is 7.36. The van der Waals surface area contributed by atoms with E-state index in [-0.39, 0.29) is 32.1 Å². The lowest BCUT2D eigenvalue weighted by Crippen LogP contribution is -2.19. The number of hydrogen-bond acceptors (Lipinski definition) is 0. The molecule has 0 bridgehead atoms. The van der Waals surface area contributed by atoms with Crippen molar-refractivity contribution < 1.29 is 17.6 Å². The standard InChI is InChI=1S/C9H14F4/c10-6-2-1-3-7(11)9(13)5-4-8(6)12/h6-9H,1-5H2. The monoisotopic (exact) mass is 198 g/mol. The van der Waals surface area contributed by atoms with Crippen molar-refractivity contribution in [2.24, 2.45) is 0 Å². The van der Waals surface area contributed by atoms with E-state index in [0.717, 1.165) is 0 Å². The van der Waals surface area contributed by atoms with Crippen LogP contribution in [0.5, 0.6) is 0 Å². The molecule has 0 aromatic heterocycles. The van der Waals surface area contributed by atoms with Crippen molar-refractivity contribution in [2.75, 3.05) is 0 Å². The molecule has 0 aliphatic heterocycles. The van der Waals surface area contributed by atoms with E-state index >= 15 is 0 Å². The molecule has 1 saturated carbocycles. The fraction of sp³-hybridized carbons (Fsp3) is 1.00. The van der Waals surface area contributed by atoms with E-state index in [4.69, 9.17) is 0 Å². The number of rotatable bonds is 0. The molecule has 4 unspecified atom stereocenters. The van der Waals surface area contributed by atoms with Crippen molar-refractivity contribution in [3.05, 3.63) is 0 Å². The van der Waals surface area contributed by atoms with Gasteiger partial charge in [0.2, 0.25) is 0 Å². The summed E-state index contributed by atoms with van der Waals surface area (Å²) in [4.78, 5) is 0. The van der Waals surface area contributed by atoms with E-state index in [1.807, 2.05) is 0 Å². The summed E-state index contributed by atoms with van der Waals surface area (Å²) in [5.41, 5.74) is 0. The molecule has 0 spiro atoms. The van der Waals surface area contributed by atoms with Crippen LogP contribution in [0.2, 0.25) is 0 Å².